The van der Waals surface area contributed by atoms with Gasteiger partial charge < -0.3 is 14.9 Å². The number of fused-ring (bicyclic) bond motifs is 1. The van der Waals surface area contributed by atoms with Crippen molar-refractivity contribution in [3.63, 3.8) is 0 Å². The van der Waals surface area contributed by atoms with Crippen LogP contribution in [0.1, 0.15) is 36.2 Å². The fourth-order valence-corrected chi connectivity index (χ4v) is 3.47. The Hall–Kier alpha value is -2.63. The van der Waals surface area contributed by atoms with Crippen LogP contribution in [-0.4, -0.2) is 32.0 Å². The van der Waals surface area contributed by atoms with Gasteiger partial charge in [0.05, 0.1) is 22.8 Å². The number of nitrogens with zero attached hydrogens (tertiary/aromatic N) is 3. The largest absolute Gasteiger partial charge is 0.356 e. The summed E-state index contributed by atoms with van der Waals surface area (Å²) in [5.41, 5.74) is 4.41. The van der Waals surface area contributed by atoms with Crippen molar-refractivity contribution < 1.29 is 4.79 Å². The van der Waals surface area contributed by atoms with Crippen molar-refractivity contribution in [1.82, 2.24) is 24.8 Å². The highest BCUT2D eigenvalue weighted by atomic mass is 16.2. The standard InChI is InChI=1S/C20H25N5O/c1-14-5-6-16-18(15(14)2)24-17(23-16)4-3-9-22-19(26)20(7-8-20)12-25-11-10-21-13-25/h5-6,10-11,13H,3-4,7-9,12H2,1-2H3,(H,22,26)(H,23,24). The molecule has 26 heavy (non-hydrogen) atoms. The third-order valence-electron chi connectivity index (χ3n) is 5.48. The van der Waals surface area contributed by atoms with Gasteiger partial charge in [-0.2, -0.15) is 0 Å². The average molecular weight is 351 g/mol. The maximum atomic E-state index is 12.5. The van der Waals surface area contributed by atoms with E-state index < -0.39 is 0 Å². The Labute approximate surface area is 153 Å². The Morgan fingerprint density at radius 3 is 2.92 bits per heavy atom. The monoisotopic (exact) mass is 351 g/mol. The lowest BCUT2D eigenvalue weighted by Crippen LogP contribution is -2.35. The summed E-state index contributed by atoms with van der Waals surface area (Å²) in [4.78, 5) is 24.7. The van der Waals surface area contributed by atoms with E-state index in [1.54, 1.807) is 12.5 Å². The summed E-state index contributed by atoms with van der Waals surface area (Å²) in [6.07, 6.45) is 9.08. The van der Waals surface area contributed by atoms with E-state index in [0.717, 1.165) is 49.1 Å². The summed E-state index contributed by atoms with van der Waals surface area (Å²) in [6, 6.07) is 4.21. The zero-order chi connectivity index (χ0) is 18.1. The summed E-state index contributed by atoms with van der Waals surface area (Å²) in [5, 5.41) is 3.11. The minimum atomic E-state index is -0.227. The van der Waals surface area contributed by atoms with Crippen LogP contribution in [0.15, 0.2) is 30.9 Å². The van der Waals surface area contributed by atoms with E-state index in [1.807, 2.05) is 10.8 Å². The molecule has 0 saturated heterocycles. The number of amides is 1. The molecule has 1 aliphatic carbocycles. The number of carbonyl (C=O) groups is 1. The molecule has 4 rings (SSSR count). The molecule has 6 heteroatoms. The number of H-pyrrole nitrogens is 1. The molecule has 0 aliphatic heterocycles. The first-order valence-corrected chi connectivity index (χ1v) is 9.26. The highest BCUT2D eigenvalue weighted by Crippen LogP contribution is 2.47. The van der Waals surface area contributed by atoms with Gasteiger partial charge in [-0.15, -0.1) is 0 Å². The fraction of sp³-hybridized carbons (Fsp3) is 0.450. The molecular weight excluding hydrogens is 326 g/mol. The first-order valence-electron chi connectivity index (χ1n) is 9.26. The SMILES string of the molecule is Cc1ccc2[nH]c(CCCNC(=O)C3(Cn4ccnc4)CC3)nc2c1C. The number of rotatable bonds is 7. The summed E-state index contributed by atoms with van der Waals surface area (Å²) >= 11 is 0. The number of aromatic amines is 1. The van der Waals surface area contributed by atoms with Crippen molar-refractivity contribution in [3.8, 4) is 0 Å². The van der Waals surface area contributed by atoms with Crippen LogP contribution in [-0.2, 0) is 17.8 Å². The number of carbonyl (C=O) groups excluding carboxylic acids is 1. The lowest BCUT2D eigenvalue weighted by atomic mass is 10.1. The van der Waals surface area contributed by atoms with Gasteiger partial charge in [-0.25, -0.2) is 9.97 Å². The van der Waals surface area contributed by atoms with Crippen molar-refractivity contribution in [2.24, 2.45) is 5.41 Å². The number of hydrogen-bond donors (Lipinski definition) is 2. The molecule has 1 saturated carbocycles. The predicted octanol–water partition coefficient (Wildman–Crippen LogP) is 2.91. The van der Waals surface area contributed by atoms with Gasteiger partial charge in [0.25, 0.3) is 0 Å². The van der Waals surface area contributed by atoms with Crippen molar-refractivity contribution in [3.05, 3.63) is 47.8 Å². The number of aromatic nitrogens is 4. The van der Waals surface area contributed by atoms with Gasteiger partial charge in [-0.3, -0.25) is 4.79 Å². The predicted molar refractivity (Wildman–Crippen MR) is 101 cm³/mol. The maximum absolute atomic E-state index is 12.5. The van der Waals surface area contributed by atoms with Crippen molar-refractivity contribution in [2.75, 3.05) is 6.54 Å². The summed E-state index contributed by atoms with van der Waals surface area (Å²) < 4.78 is 1.99. The minimum Gasteiger partial charge on any atom is -0.356 e. The van der Waals surface area contributed by atoms with Crippen LogP contribution >= 0.6 is 0 Å². The molecule has 6 nitrogen and oxygen atoms in total. The Morgan fingerprint density at radius 1 is 1.35 bits per heavy atom. The molecule has 2 aromatic heterocycles. The zero-order valence-electron chi connectivity index (χ0n) is 15.4. The molecule has 2 N–H and O–H groups in total. The second-order valence-corrected chi connectivity index (χ2v) is 7.46. The summed E-state index contributed by atoms with van der Waals surface area (Å²) in [7, 11) is 0. The van der Waals surface area contributed by atoms with E-state index in [9.17, 15) is 4.79 Å². The van der Waals surface area contributed by atoms with Crippen molar-refractivity contribution >= 4 is 16.9 Å². The normalized spacial score (nSPS) is 15.3. The smallest absolute Gasteiger partial charge is 0.228 e. The molecular formula is C20H25N5O. The number of nitrogens with one attached hydrogen (secondary N) is 2. The molecule has 1 fully saturated rings. The first kappa shape index (κ1) is 16.8. The van der Waals surface area contributed by atoms with Gasteiger partial charge in [0.1, 0.15) is 5.82 Å². The van der Waals surface area contributed by atoms with Crippen LogP contribution in [0.4, 0.5) is 0 Å². The number of benzene rings is 1. The van der Waals surface area contributed by atoms with Crippen LogP contribution in [0.25, 0.3) is 11.0 Å². The van der Waals surface area contributed by atoms with Gasteiger partial charge in [0.2, 0.25) is 5.91 Å². The quantitative estimate of drug-likeness (QED) is 0.643. The highest BCUT2D eigenvalue weighted by molar-refractivity contribution is 5.85. The molecule has 3 aromatic rings. The van der Waals surface area contributed by atoms with Gasteiger partial charge in [0.15, 0.2) is 0 Å². The van der Waals surface area contributed by atoms with Crippen LogP contribution in [0.2, 0.25) is 0 Å². The van der Waals surface area contributed by atoms with E-state index in [1.165, 1.54) is 11.1 Å². The van der Waals surface area contributed by atoms with Crippen LogP contribution in [0.3, 0.4) is 0 Å². The lowest BCUT2D eigenvalue weighted by molar-refractivity contribution is -0.126. The van der Waals surface area contributed by atoms with E-state index in [2.05, 4.69) is 41.3 Å². The molecule has 0 spiro atoms. The van der Waals surface area contributed by atoms with E-state index >= 15 is 0 Å². The highest BCUT2D eigenvalue weighted by Gasteiger charge is 2.49. The molecule has 0 bridgehead atoms. The minimum absolute atomic E-state index is 0.169. The number of aryl methyl sites for hydroxylation is 3. The van der Waals surface area contributed by atoms with E-state index in [-0.39, 0.29) is 11.3 Å². The van der Waals surface area contributed by atoms with Crippen molar-refractivity contribution in [1.29, 1.82) is 0 Å². The summed E-state index contributed by atoms with van der Waals surface area (Å²) in [5.74, 6) is 1.16. The maximum Gasteiger partial charge on any atom is 0.228 e. The van der Waals surface area contributed by atoms with Crippen LogP contribution < -0.4 is 5.32 Å². The van der Waals surface area contributed by atoms with Crippen LogP contribution in [0, 0.1) is 19.3 Å². The summed E-state index contributed by atoms with van der Waals surface area (Å²) in [6.45, 7) is 5.62. The van der Waals surface area contributed by atoms with Crippen molar-refractivity contribution in [2.45, 2.75) is 46.1 Å². The second kappa shape index (κ2) is 6.59. The number of hydrogen-bond acceptors (Lipinski definition) is 3. The van der Waals surface area contributed by atoms with E-state index in [4.69, 9.17) is 4.98 Å². The van der Waals surface area contributed by atoms with Gasteiger partial charge in [0, 0.05) is 31.9 Å². The first-order chi connectivity index (χ1) is 12.6. The van der Waals surface area contributed by atoms with Gasteiger partial charge >= 0.3 is 0 Å². The Kier molecular flexibility index (Phi) is 4.26. The Bertz CT molecular complexity index is 921. The lowest BCUT2D eigenvalue weighted by Gasteiger charge is -2.15. The number of imidazole rings is 2. The molecule has 1 amide bonds. The molecule has 1 aromatic carbocycles. The second-order valence-electron chi connectivity index (χ2n) is 7.46. The topological polar surface area (TPSA) is 75.6 Å². The zero-order valence-corrected chi connectivity index (χ0v) is 15.4. The molecule has 2 heterocycles. The molecule has 0 radical (unpaired) electrons. The van der Waals surface area contributed by atoms with E-state index in [0.29, 0.717) is 6.54 Å². The van der Waals surface area contributed by atoms with Crippen LogP contribution in [0.5, 0.6) is 0 Å². The Balaban J connectivity index is 1.29. The average Bonchev–Trinajstić information content (AvgIpc) is 3.04. The molecule has 0 unspecified atom stereocenters. The fourth-order valence-electron chi connectivity index (χ4n) is 3.47. The third kappa shape index (κ3) is 3.23. The molecule has 0 atom stereocenters. The van der Waals surface area contributed by atoms with Gasteiger partial charge in [-0.1, -0.05) is 6.07 Å². The molecule has 136 valence electrons. The Morgan fingerprint density at radius 2 is 2.19 bits per heavy atom. The van der Waals surface area contributed by atoms with Gasteiger partial charge in [-0.05, 0) is 50.3 Å². The molecule has 1 aliphatic rings. The third-order valence-corrected chi connectivity index (χ3v) is 5.48.